The van der Waals surface area contributed by atoms with Crippen molar-refractivity contribution in [3.63, 3.8) is 0 Å². The zero-order valence-corrected chi connectivity index (χ0v) is 10.6. The molecule has 0 saturated carbocycles. The second-order valence-electron chi connectivity index (χ2n) is 4.88. The zero-order valence-electron chi connectivity index (χ0n) is 10.6. The fourth-order valence-corrected chi connectivity index (χ4v) is 2.74. The lowest BCUT2D eigenvalue weighted by Gasteiger charge is -2.27. The SMILES string of the molecule is C/C=C/[C@H]1C=CC2COC1C=C2c1ccccc1. The Morgan fingerprint density at radius 2 is 2.00 bits per heavy atom. The van der Waals surface area contributed by atoms with E-state index in [2.05, 4.69) is 67.6 Å². The molecule has 1 aromatic rings. The van der Waals surface area contributed by atoms with Crippen LogP contribution in [0.5, 0.6) is 0 Å². The van der Waals surface area contributed by atoms with E-state index in [1.165, 1.54) is 11.1 Å². The molecule has 1 nitrogen and oxygen atoms in total. The molecule has 2 bridgehead atoms. The van der Waals surface area contributed by atoms with E-state index in [1.807, 2.05) is 0 Å². The van der Waals surface area contributed by atoms with Gasteiger partial charge in [0, 0.05) is 11.8 Å². The molecule has 0 amide bonds. The van der Waals surface area contributed by atoms with Crippen molar-refractivity contribution in [2.45, 2.75) is 13.0 Å². The first kappa shape index (κ1) is 11.5. The molecule has 92 valence electrons. The summed E-state index contributed by atoms with van der Waals surface area (Å²) in [6.45, 7) is 2.86. The molecule has 0 fully saturated rings. The molecule has 1 aliphatic carbocycles. The fourth-order valence-electron chi connectivity index (χ4n) is 2.74. The van der Waals surface area contributed by atoms with Crippen LogP contribution in [0, 0.1) is 11.8 Å². The van der Waals surface area contributed by atoms with Gasteiger partial charge in [-0.1, -0.05) is 60.7 Å². The smallest absolute Gasteiger partial charge is 0.0859 e. The molecule has 18 heavy (non-hydrogen) atoms. The Bertz CT molecular complexity index is 496. The van der Waals surface area contributed by atoms with Gasteiger partial charge in [0.05, 0.1) is 12.7 Å². The van der Waals surface area contributed by atoms with Crippen molar-refractivity contribution in [3.8, 4) is 0 Å². The number of fused-ring (bicyclic) bond motifs is 2. The molecule has 0 N–H and O–H groups in total. The number of benzene rings is 1. The quantitative estimate of drug-likeness (QED) is 0.711. The largest absolute Gasteiger partial charge is 0.372 e. The molecule has 3 aliphatic rings. The van der Waals surface area contributed by atoms with Crippen molar-refractivity contribution in [2.24, 2.45) is 11.8 Å². The second kappa shape index (κ2) is 4.95. The summed E-state index contributed by atoms with van der Waals surface area (Å²) in [4.78, 5) is 0. The van der Waals surface area contributed by atoms with Gasteiger partial charge in [-0.2, -0.15) is 0 Å². The summed E-state index contributed by atoms with van der Waals surface area (Å²) in [5.41, 5.74) is 2.73. The van der Waals surface area contributed by atoms with E-state index >= 15 is 0 Å². The van der Waals surface area contributed by atoms with Gasteiger partial charge in [-0.3, -0.25) is 0 Å². The first-order chi connectivity index (χ1) is 8.88. The number of hydrogen-bond donors (Lipinski definition) is 0. The van der Waals surface area contributed by atoms with Crippen LogP contribution in [0.4, 0.5) is 0 Å². The first-order valence-electron chi connectivity index (χ1n) is 6.58. The lowest BCUT2D eigenvalue weighted by atomic mass is 9.90. The summed E-state index contributed by atoms with van der Waals surface area (Å²) in [5.74, 6) is 0.778. The highest BCUT2D eigenvalue weighted by atomic mass is 16.5. The molecule has 3 atom stereocenters. The van der Waals surface area contributed by atoms with E-state index in [0.29, 0.717) is 11.8 Å². The van der Waals surface area contributed by atoms with Gasteiger partial charge in [-0.05, 0) is 18.1 Å². The summed E-state index contributed by atoms with van der Waals surface area (Å²) in [6.07, 6.45) is 11.4. The van der Waals surface area contributed by atoms with Gasteiger partial charge in [0.2, 0.25) is 0 Å². The van der Waals surface area contributed by atoms with Crippen LogP contribution in [0.1, 0.15) is 12.5 Å². The van der Waals surface area contributed by atoms with Gasteiger partial charge in [0.1, 0.15) is 0 Å². The van der Waals surface area contributed by atoms with Gasteiger partial charge in [-0.25, -0.2) is 0 Å². The molecular formula is C17H18O. The molecule has 2 heterocycles. The Kier molecular flexibility index (Phi) is 3.16. The zero-order chi connectivity index (χ0) is 12.4. The van der Waals surface area contributed by atoms with E-state index in [9.17, 15) is 0 Å². The van der Waals surface area contributed by atoms with Crippen LogP contribution < -0.4 is 0 Å². The van der Waals surface area contributed by atoms with Crippen LogP contribution in [0.2, 0.25) is 0 Å². The molecule has 2 aliphatic heterocycles. The van der Waals surface area contributed by atoms with Crippen molar-refractivity contribution in [3.05, 3.63) is 66.3 Å². The highest BCUT2D eigenvalue weighted by Gasteiger charge is 2.29. The summed E-state index contributed by atoms with van der Waals surface area (Å²) in [7, 11) is 0. The molecular weight excluding hydrogens is 220 g/mol. The first-order valence-corrected chi connectivity index (χ1v) is 6.58. The minimum Gasteiger partial charge on any atom is -0.372 e. The summed E-state index contributed by atoms with van der Waals surface area (Å²) >= 11 is 0. The maximum atomic E-state index is 5.93. The maximum absolute atomic E-state index is 5.93. The lowest BCUT2D eigenvalue weighted by Crippen LogP contribution is -2.25. The summed E-state index contributed by atoms with van der Waals surface area (Å²) in [5, 5.41) is 0. The topological polar surface area (TPSA) is 9.23 Å². The Balaban J connectivity index is 1.98. The highest BCUT2D eigenvalue weighted by Crippen LogP contribution is 2.35. The average molecular weight is 238 g/mol. The summed E-state index contributed by atoms with van der Waals surface area (Å²) < 4.78 is 5.93. The number of rotatable bonds is 2. The molecule has 4 rings (SSSR count). The van der Waals surface area contributed by atoms with Crippen LogP contribution in [-0.4, -0.2) is 12.7 Å². The normalized spacial score (nSPS) is 30.5. The average Bonchev–Trinajstić information content (AvgIpc) is 2.72. The van der Waals surface area contributed by atoms with Crippen LogP contribution in [0.15, 0.2) is 60.7 Å². The summed E-state index contributed by atoms with van der Waals surface area (Å²) in [6, 6.07) is 10.6. The van der Waals surface area contributed by atoms with Crippen molar-refractivity contribution >= 4 is 5.57 Å². The van der Waals surface area contributed by atoms with E-state index < -0.39 is 0 Å². The van der Waals surface area contributed by atoms with Crippen LogP contribution in [0.25, 0.3) is 5.57 Å². The fraction of sp³-hybridized carbons (Fsp3) is 0.294. The van der Waals surface area contributed by atoms with E-state index in [4.69, 9.17) is 4.74 Å². The molecule has 0 aromatic heterocycles. The monoisotopic (exact) mass is 238 g/mol. The molecule has 1 heteroatoms. The van der Waals surface area contributed by atoms with Gasteiger partial charge in [0.15, 0.2) is 0 Å². The second-order valence-corrected chi connectivity index (χ2v) is 4.88. The Labute approximate surface area is 108 Å². The molecule has 2 unspecified atom stereocenters. The van der Waals surface area contributed by atoms with E-state index in [1.54, 1.807) is 0 Å². The molecule has 0 saturated heterocycles. The van der Waals surface area contributed by atoms with E-state index in [-0.39, 0.29) is 6.10 Å². The lowest BCUT2D eigenvalue weighted by molar-refractivity contribution is 0.0594. The van der Waals surface area contributed by atoms with Crippen LogP contribution in [-0.2, 0) is 4.74 Å². The van der Waals surface area contributed by atoms with Crippen LogP contribution in [0.3, 0.4) is 0 Å². The van der Waals surface area contributed by atoms with Gasteiger partial charge < -0.3 is 4.74 Å². The van der Waals surface area contributed by atoms with Gasteiger partial charge >= 0.3 is 0 Å². The standard InChI is InChI=1S/C17H18O/c1-2-6-14-9-10-15-12-18-17(14)11-16(15)13-7-4-3-5-8-13/h2-11,14-15,17H,12H2,1H3/b6-2+/t14-,15?,17?/m0/s1. The van der Waals surface area contributed by atoms with Gasteiger partial charge in [0.25, 0.3) is 0 Å². The molecule has 1 aromatic carbocycles. The van der Waals surface area contributed by atoms with Gasteiger partial charge in [-0.15, -0.1) is 0 Å². The van der Waals surface area contributed by atoms with Crippen molar-refractivity contribution < 1.29 is 4.74 Å². The third kappa shape index (κ3) is 2.06. The Morgan fingerprint density at radius 1 is 1.17 bits per heavy atom. The minimum atomic E-state index is 0.186. The number of ether oxygens (including phenoxy) is 1. The third-order valence-electron chi connectivity index (χ3n) is 3.68. The van der Waals surface area contributed by atoms with Crippen molar-refractivity contribution in [1.29, 1.82) is 0 Å². The molecule has 0 spiro atoms. The van der Waals surface area contributed by atoms with Crippen molar-refractivity contribution in [1.82, 2.24) is 0 Å². The predicted molar refractivity (Wildman–Crippen MR) is 75.1 cm³/mol. The predicted octanol–water partition coefficient (Wildman–Crippen LogP) is 3.85. The Morgan fingerprint density at radius 3 is 2.78 bits per heavy atom. The number of hydrogen-bond acceptors (Lipinski definition) is 1. The molecule has 0 radical (unpaired) electrons. The third-order valence-corrected chi connectivity index (χ3v) is 3.68. The number of allylic oxidation sites excluding steroid dienone is 1. The van der Waals surface area contributed by atoms with Crippen LogP contribution >= 0.6 is 0 Å². The minimum absolute atomic E-state index is 0.186. The maximum Gasteiger partial charge on any atom is 0.0859 e. The van der Waals surface area contributed by atoms with E-state index in [0.717, 1.165) is 6.61 Å². The van der Waals surface area contributed by atoms with Crippen molar-refractivity contribution in [2.75, 3.05) is 6.61 Å². The highest BCUT2D eigenvalue weighted by molar-refractivity contribution is 5.70. The Hall–Kier alpha value is -1.60.